The van der Waals surface area contributed by atoms with Crippen molar-refractivity contribution in [2.45, 2.75) is 39.0 Å². The minimum Gasteiger partial charge on any atom is -0.368 e. The topological polar surface area (TPSA) is 73.6 Å². The van der Waals surface area contributed by atoms with Gasteiger partial charge in [0.1, 0.15) is 5.65 Å². The first-order chi connectivity index (χ1) is 17.0. The third kappa shape index (κ3) is 4.78. The van der Waals surface area contributed by atoms with Crippen LogP contribution in [0, 0.1) is 0 Å². The van der Waals surface area contributed by atoms with E-state index >= 15 is 0 Å². The number of fused-ring (bicyclic) bond motifs is 1. The molecular formula is C28H31N5O2. The van der Waals surface area contributed by atoms with Gasteiger partial charge in [0.05, 0.1) is 0 Å². The number of benzene rings is 2. The molecule has 3 heterocycles. The highest BCUT2D eigenvalue weighted by molar-refractivity contribution is 5.93. The Labute approximate surface area is 205 Å². The summed E-state index contributed by atoms with van der Waals surface area (Å²) in [4.78, 5) is 21.4. The number of hydrogen-bond donors (Lipinski definition) is 2. The van der Waals surface area contributed by atoms with Crippen molar-refractivity contribution >= 4 is 22.6 Å². The van der Waals surface area contributed by atoms with E-state index in [1.54, 1.807) is 17.6 Å². The van der Waals surface area contributed by atoms with Crippen LogP contribution in [0.1, 0.15) is 35.3 Å². The number of pyridine rings is 1. The molecule has 2 N–H and O–H groups in total. The third-order valence-corrected chi connectivity index (χ3v) is 6.96. The van der Waals surface area contributed by atoms with Crippen molar-refractivity contribution in [3.8, 4) is 0 Å². The van der Waals surface area contributed by atoms with E-state index in [-0.39, 0.29) is 0 Å². The number of nitrogens with zero attached hydrogens (tertiary/aromatic N) is 4. The number of hydrogen-bond acceptors (Lipinski definition) is 5. The lowest BCUT2D eigenvalue weighted by Crippen LogP contribution is -2.56. The standard InChI is InChI=1S/C28H31N5O2/c1-20-16-32(17-21(2)33(20)19-22-6-4-3-5-7-22)26-12-14-29-27-25(26)13-15-31(27)18-23-8-10-24(11-9-23)28(34)30-35/h3-15,20-21,35H,16-19H2,1-2H3,(H,30,34)/t20-,21+. The molecule has 180 valence electrons. The summed E-state index contributed by atoms with van der Waals surface area (Å²) in [5.41, 5.74) is 6.67. The van der Waals surface area contributed by atoms with Crippen LogP contribution in [0.5, 0.6) is 0 Å². The molecule has 2 aromatic heterocycles. The Bertz CT molecular complexity index is 1290. The molecule has 35 heavy (non-hydrogen) atoms. The highest BCUT2D eigenvalue weighted by atomic mass is 16.5. The summed E-state index contributed by atoms with van der Waals surface area (Å²) < 4.78 is 2.14. The molecule has 1 aliphatic rings. The van der Waals surface area contributed by atoms with Crippen LogP contribution in [-0.4, -0.2) is 50.7 Å². The number of amides is 1. The monoisotopic (exact) mass is 469 g/mol. The van der Waals surface area contributed by atoms with Gasteiger partial charge in [-0.15, -0.1) is 0 Å². The molecule has 2 aromatic carbocycles. The van der Waals surface area contributed by atoms with Crippen molar-refractivity contribution in [2.75, 3.05) is 18.0 Å². The number of anilines is 1. The van der Waals surface area contributed by atoms with E-state index in [1.807, 2.05) is 18.3 Å². The van der Waals surface area contributed by atoms with Crippen molar-refractivity contribution in [1.82, 2.24) is 19.9 Å². The number of carbonyl (C=O) groups is 1. The first-order valence-corrected chi connectivity index (χ1v) is 12.1. The summed E-state index contributed by atoms with van der Waals surface area (Å²) in [5.74, 6) is -0.512. The Morgan fingerprint density at radius 1 is 0.943 bits per heavy atom. The highest BCUT2D eigenvalue weighted by Gasteiger charge is 2.30. The Morgan fingerprint density at radius 3 is 2.31 bits per heavy atom. The number of piperazine rings is 1. The normalized spacial score (nSPS) is 18.7. The smallest absolute Gasteiger partial charge is 0.274 e. The van der Waals surface area contributed by atoms with Crippen LogP contribution >= 0.6 is 0 Å². The number of carbonyl (C=O) groups excluding carboxylic acids is 1. The van der Waals surface area contributed by atoms with E-state index in [1.165, 1.54) is 11.3 Å². The zero-order chi connectivity index (χ0) is 24.4. The van der Waals surface area contributed by atoms with Gasteiger partial charge in [-0.25, -0.2) is 10.5 Å². The second-order valence-electron chi connectivity index (χ2n) is 9.41. The van der Waals surface area contributed by atoms with Crippen LogP contribution in [-0.2, 0) is 13.1 Å². The van der Waals surface area contributed by atoms with Gasteiger partial charge in [0.15, 0.2) is 0 Å². The van der Waals surface area contributed by atoms with Crippen molar-refractivity contribution in [2.24, 2.45) is 0 Å². The average molecular weight is 470 g/mol. The fourth-order valence-electron chi connectivity index (χ4n) is 5.16. The molecule has 1 fully saturated rings. The Balaban J connectivity index is 1.34. The fourth-order valence-corrected chi connectivity index (χ4v) is 5.16. The fraction of sp³-hybridized carbons (Fsp3) is 0.286. The van der Waals surface area contributed by atoms with Gasteiger partial charge in [-0.3, -0.25) is 14.9 Å². The zero-order valence-electron chi connectivity index (χ0n) is 20.1. The highest BCUT2D eigenvalue weighted by Crippen LogP contribution is 2.30. The van der Waals surface area contributed by atoms with Gasteiger partial charge in [-0.05, 0) is 49.2 Å². The third-order valence-electron chi connectivity index (χ3n) is 6.96. The van der Waals surface area contributed by atoms with Crippen molar-refractivity contribution in [3.63, 3.8) is 0 Å². The van der Waals surface area contributed by atoms with E-state index in [0.29, 0.717) is 24.2 Å². The van der Waals surface area contributed by atoms with Gasteiger partial charge in [0.25, 0.3) is 5.91 Å². The minimum atomic E-state index is -0.512. The summed E-state index contributed by atoms with van der Waals surface area (Å²) in [5, 5.41) is 9.96. The Morgan fingerprint density at radius 2 is 1.63 bits per heavy atom. The molecular weight excluding hydrogens is 438 g/mol. The van der Waals surface area contributed by atoms with Crippen molar-refractivity contribution in [3.05, 3.63) is 95.8 Å². The molecule has 0 saturated carbocycles. The second-order valence-corrected chi connectivity index (χ2v) is 9.41. The zero-order valence-corrected chi connectivity index (χ0v) is 20.1. The largest absolute Gasteiger partial charge is 0.368 e. The molecule has 1 saturated heterocycles. The molecule has 2 atom stereocenters. The molecule has 5 rings (SSSR count). The maximum absolute atomic E-state index is 11.6. The maximum atomic E-state index is 11.6. The molecule has 0 unspecified atom stereocenters. The first kappa shape index (κ1) is 23.1. The van der Waals surface area contributed by atoms with E-state index in [2.05, 4.69) is 81.9 Å². The molecule has 0 aliphatic carbocycles. The van der Waals surface area contributed by atoms with Gasteiger partial charge in [-0.1, -0.05) is 42.5 Å². The van der Waals surface area contributed by atoms with Crippen LogP contribution in [0.3, 0.4) is 0 Å². The number of rotatable bonds is 6. The lowest BCUT2D eigenvalue weighted by atomic mass is 10.0. The summed E-state index contributed by atoms with van der Waals surface area (Å²) >= 11 is 0. The molecule has 7 heteroatoms. The molecule has 4 aromatic rings. The van der Waals surface area contributed by atoms with Crippen LogP contribution in [0.4, 0.5) is 5.69 Å². The molecule has 0 radical (unpaired) electrons. The number of aromatic nitrogens is 2. The lowest BCUT2D eigenvalue weighted by Gasteiger charge is -2.45. The van der Waals surface area contributed by atoms with E-state index < -0.39 is 5.91 Å². The van der Waals surface area contributed by atoms with Gasteiger partial charge >= 0.3 is 0 Å². The molecule has 1 aliphatic heterocycles. The van der Waals surface area contributed by atoms with E-state index in [0.717, 1.165) is 36.2 Å². The average Bonchev–Trinajstić information content (AvgIpc) is 3.29. The number of hydroxylamine groups is 1. The van der Waals surface area contributed by atoms with Crippen LogP contribution < -0.4 is 10.4 Å². The molecule has 0 bridgehead atoms. The van der Waals surface area contributed by atoms with E-state index in [4.69, 9.17) is 5.21 Å². The number of nitrogens with one attached hydrogen (secondary N) is 1. The summed E-state index contributed by atoms with van der Waals surface area (Å²) in [7, 11) is 0. The predicted molar refractivity (Wildman–Crippen MR) is 138 cm³/mol. The van der Waals surface area contributed by atoms with Gasteiger partial charge in [-0.2, -0.15) is 0 Å². The van der Waals surface area contributed by atoms with Crippen LogP contribution in [0.2, 0.25) is 0 Å². The SMILES string of the molecule is C[C@@H]1CN(c2ccnc3c2ccn3Cc2ccc(C(=O)NO)cc2)C[C@H](C)N1Cc1ccccc1. The van der Waals surface area contributed by atoms with Crippen LogP contribution in [0.25, 0.3) is 11.0 Å². The summed E-state index contributed by atoms with van der Waals surface area (Å²) in [6.45, 7) is 8.19. The summed E-state index contributed by atoms with van der Waals surface area (Å²) in [6, 6.07) is 23.1. The van der Waals surface area contributed by atoms with Crippen LogP contribution in [0.15, 0.2) is 79.1 Å². The molecule has 1 amide bonds. The first-order valence-electron chi connectivity index (χ1n) is 12.1. The van der Waals surface area contributed by atoms with Crippen molar-refractivity contribution in [1.29, 1.82) is 0 Å². The lowest BCUT2D eigenvalue weighted by molar-refractivity contribution is 0.0706. The Kier molecular flexibility index (Phi) is 6.53. The predicted octanol–water partition coefficient (Wildman–Crippen LogP) is 4.30. The van der Waals surface area contributed by atoms with Gasteiger partial charge in [0.2, 0.25) is 0 Å². The second kappa shape index (κ2) is 9.90. The Hall–Kier alpha value is -3.68. The minimum absolute atomic E-state index is 0.420. The molecule has 0 spiro atoms. The van der Waals surface area contributed by atoms with Gasteiger partial charge < -0.3 is 9.47 Å². The van der Waals surface area contributed by atoms with E-state index in [9.17, 15) is 4.79 Å². The molecule has 7 nitrogen and oxygen atoms in total. The maximum Gasteiger partial charge on any atom is 0.274 e. The summed E-state index contributed by atoms with van der Waals surface area (Å²) in [6.07, 6.45) is 3.97. The van der Waals surface area contributed by atoms with Crippen molar-refractivity contribution < 1.29 is 10.0 Å². The quantitative estimate of drug-likeness (QED) is 0.325. The van der Waals surface area contributed by atoms with Gasteiger partial charge in [0, 0.05) is 67.3 Å².